The topological polar surface area (TPSA) is 38.7 Å². The molecule has 2 rings (SSSR count). The molecule has 3 nitrogen and oxygen atoms in total. The minimum absolute atomic E-state index is 0.0761. The van der Waals surface area contributed by atoms with Crippen LogP contribution in [0.25, 0.3) is 0 Å². The second-order valence-corrected chi connectivity index (χ2v) is 4.18. The average molecular weight is 280 g/mol. The molecular formula is C15H14F2O3. The van der Waals surface area contributed by atoms with Gasteiger partial charge in [-0.2, -0.15) is 0 Å². The first-order valence-electron chi connectivity index (χ1n) is 5.91. The lowest BCUT2D eigenvalue weighted by Gasteiger charge is -2.16. The van der Waals surface area contributed by atoms with Gasteiger partial charge in [0.05, 0.1) is 14.2 Å². The van der Waals surface area contributed by atoms with Crippen molar-refractivity contribution in [1.82, 2.24) is 0 Å². The summed E-state index contributed by atoms with van der Waals surface area (Å²) in [6, 6.07) is 7.85. The van der Waals surface area contributed by atoms with E-state index in [9.17, 15) is 13.9 Å². The molecule has 0 aliphatic carbocycles. The fourth-order valence-corrected chi connectivity index (χ4v) is 1.95. The molecular weight excluding hydrogens is 266 g/mol. The van der Waals surface area contributed by atoms with Gasteiger partial charge in [-0.05, 0) is 35.9 Å². The van der Waals surface area contributed by atoms with Crippen LogP contribution in [0.2, 0.25) is 0 Å². The maximum atomic E-state index is 13.6. The van der Waals surface area contributed by atoms with Crippen LogP contribution in [-0.2, 0) is 0 Å². The Morgan fingerprint density at radius 1 is 0.950 bits per heavy atom. The summed E-state index contributed by atoms with van der Waals surface area (Å²) in [5.41, 5.74) is 0.518. The molecule has 0 aromatic heterocycles. The van der Waals surface area contributed by atoms with E-state index in [2.05, 4.69) is 0 Å². The fraction of sp³-hybridized carbons (Fsp3) is 0.200. The maximum Gasteiger partial charge on any atom is 0.165 e. The minimum atomic E-state index is -1.19. The molecule has 0 saturated heterocycles. The molecule has 5 heteroatoms. The monoisotopic (exact) mass is 280 g/mol. The maximum absolute atomic E-state index is 13.6. The van der Waals surface area contributed by atoms with Crippen LogP contribution in [0, 0.1) is 11.6 Å². The van der Waals surface area contributed by atoms with Gasteiger partial charge < -0.3 is 14.6 Å². The molecule has 2 aromatic carbocycles. The van der Waals surface area contributed by atoms with Crippen LogP contribution in [-0.4, -0.2) is 19.3 Å². The SMILES string of the molecule is COc1ccc(C(O)c2cc(F)ccc2OC)cc1F. The lowest BCUT2D eigenvalue weighted by Crippen LogP contribution is -2.04. The normalized spacial score (nSPS) is 12.1. The third kappa shape index (κ3) is 2.72. The number of benzene rings is 2. The standard InChI is InChI=1S/C15H14F2O3/c1-19-13-6-4-10(16)8-11(13)15(18)9-3-5-14(20-2)12(17)7-9/h3-8,15,18H,1-2H3. The van der Waals surface area contributed by atoms with E-state index >= 15 is 0 Å². The number of aliphatic hydroxyl groups is 1. The molecule has 0 aliphatic heterocycles. The van der Waals surface area contributed by atoms with Crippen molar-refractivity contribution in [3.05, 3.63) is 59.2 Å². The Morgan fingerprint density at radius 2 is 1.60 bits per heavy atom. The van der Waals surface area contributed by atoms with Crippen LogP contribution in [0.4, 0.5) is 8.78 Å². The molecule has 0 saturated carbocycles. The summed E-state index contributed by atoms with van der Waals surface area (Å²) in [4.78, 5) is 0. The second kappa shape index (κ2) is 5.88. The van der Waals surface area contributed by atoms with Gasteiger partial charge in [0.25, 0.3) is 0 Å². The Labute approximate surface area is 115 Å². The number of rotatable bonds is 4. The summed E-state index contributed by atoms with van der Waals surface area (Å²) in [7, 11) is 2.77. The van der Waals surface area contributed by atoms with Gasteiger partial charge in [0, 0.05) is 5.56 Å². The van der Waals surface area contributed by atoms with Crippen molar-refractivity contribution in [1.29, 1.82) is 0 Å². The van der Waals surface area contributed by atoms with Crippen molar-refractivity contribution in [3.8, 4) is 11.5 Å². The van der Waals surface area contributed by atoms with Crippen LogP contribution >= 0.6 is 0 Å². The van der Waals surface area contributed by atoms with Gasteiger partial charge >= 0.3 is 0 Å². The highest BCUT2D eigenvalue weighted by atomic mass is 19.1. The zero-order chi connectivity index (χ0) is 14.7. The first-order chi connectivity index (χ1) is 9.56. The minimum Gasteiger partial charge on any atom is -0.496 e. The van der Waals surface area contributed by atoms with Crippen molar-refractivity contribution in [2.45, 2.75) is 6.10 Å². The highest BCUT2D eigenvalue weighted by Crippen LogP contribution is 2.32. The van der Waals surface area contributed by atoms with E-state index in [1.807, 2.05) is 0 Å². The van der Waals surface area contributed by atoms with Gasteiger partial charge in [0.1, 0.15) is 17.7 Å². The van der Waals surface area contributed by atoms with Crippen LogP contribution in [0.15, 0.2) is 36.4 Å². The molecule has 0 amide bonds. The highest BCUT2D eigenvalue weighted by molar-refractivity contribution is 5.42. The van der Waals surface area contributed by atoms with Gasteiger partial charge in [0.2, 0.25) is 0 Å². The van der Waals surface area contributed by atoms with Gasteiger partial charge in [0.15, 0.2) is 11.6 Å². The molecule has 106 valence electrons. The lowest BCUT2D eigenvalue weighted by molar-refractivity contribution is 0.213. The van der Waals surface area contributed by atoms with Gasteiger partial charge in [-0.25, -0.2) is 8.78 Å². The second-order valence-electron chi connectivity index (χ2n) is 4.18. The molecule has 0 fully saturated rings. The third-order valence-corrected chi connectivity index (χ3v) is 2.98. The van der Waals surface area contributed by atoms with E-state index in [0.29, 0.717) is 5.75 Å². The van der Waals surface area contributed by atoms with Crippen LogP contribution < -0.4 is 9.47 Å². The summed E-state index contributed by atoms with van der Waals surface area (Å²) in [6.45, 7) is 0. The van der Waals surface area contributed by atoms with Crippen molar-refractivity contribution in [2.75, 3.05) is 14.2 Å². The molecule has 1 N–H and O–H groups in total. The highest BCUT2D eigenvalue weighted by Gasteiger charge is 2.18. The van der Waals surface area contributed by atoms with Crippen LogP contribution in [0.1, 0.15) is 17.2 Å². The lowest BCUT2D eigenvalue weighted by atomic mass is 10.00. The van der Waals surface area contributed by atoms with Crippen molar-refractivity contribution >= 4 is 0 Å². The molecule has 0 radical (unpaired) electrons. The molecule has 0 aliphatic rings. The van der Waals surface area contributed by atoms with Crippen molar-refractivity contribution < 1.29 is 23.4 Å². The Morgan fingerprint density at radius 3 is 2.20 bits per heavy atom. The first-order valence-corrected chi connectivity index (χ1v) is 5.91. The summed E-state index contributed by atoms with van der Waals surface area (Å²) < 4.78 is 36.8. The third-order valence-electron chi connectivity index (χ3n) is 2.98. The number of hydrogen-bond acceptors (Lipinski definition) is 3. The van der Waals surface area contributed by atoms with Gasteiger partial charge in [-0.15, -0.1) is 0 Å². The first kappa shape index (κ1) is 14.3. The molecule has 0 bridgehead atoms. The summed E-state index contributed by atoms with van der Waals surface area (Å²) >= 11 is 0. The number of ether oxygens (including phenoxy) is 2. The van der Waals surface area contributed by atoms with Crippen molar-refractivity contribution in [2.24, 2.45) is 0 Å². The number of halogens is 2. The van der Waals surface area contributed by atoms with Gasteiger partial charge in [-0.3, -0.25) is 0 Å². The van der Waals surface area contributed by atoms with E-state index in [1.54, 1.807) is 0 Å². The zero-order valence-corrected chi connectivity index (χ0v) is 11.1. The Balaban J connectivity index is 2.43. The largest absolute Gasteiger partial charge is 0.496 e. The molecule has 1 atom stereocenters. The number of aliphatic hydroxyl groups excluding tert-OH is 1. The van der Waals surface area contributed by atoms with E-state index in [-0.39, 0.29) is 16.9 Å². The van der Waals surface area contributed by atoms with E-state index in [1.165, 1.54) is 38.5 Å². The van der Waals surface area contributed by atoms with E-state index in [0.717, 1.165) is 12.1 Å². The Kier molecular flexibility index (Phi) is 4.20. The Hall–Kier alpha value is -2.14. The molecule has 2 aromatic rings. The molecule has 0 heterocycles. The zero-order valence-electron chi connectivity index (χ0n) is 11.1. The quantitative estimate of drug-likeness (QED) is 0.935. The predicted octanol–water partition coefficient (Wildman–Crippen LogP) is 3.06. The molecule has 0 spiro atoms. The summed E-state index contributed by atoms with van der Waals surface area (Å²) in [5.74, 6) is -0.699. The predicted molar refractivity (Wildman–Crippen MR) is 70.0 cm³/mol. The summed E-state index contributed by atoms with van der Waals surface area (Å²) in [6.07, 6.45) is -1.19. The number of hydrogen-bond donors (Lipinski definition) is 1. The van der Waals surface area contributed by atoms with E-state index in [4.69, 9.17) is 9.47 Å². The molecule has 20 heavy (non-hydrogen) atoms. The van der Waals surface area contributed by atoms with E-state index < -0.39 is 17.7 Å². The average Bonchev–Trinajstić information content (AvgIpc) is 2.46. The van der Waals surface area contributed by atoms with Crippen LogP contribution in [0.5, 0.6) is 11.5 Å². The van der Waals surface area contributed by atoms with Gasteiger partial charge in [-0.1, -0.05) is 6.07 Å². The summed E-state index contributed by atoms with van der Waals surface area (Å²) in [5, 5.41) is 10.3. The fourth-order valence-electron chi connectivity index (χ4n) is 1.95. The smallest absolute Gasteiger partial charge is 0.165 e. The number of methoxy groups -OCH3 is 2. The van der Waals surface area contributed by atoms with Crippen molar-refractivity contribution in [3.63, 3.8) is 0 Å². The van der Waals surface area contributed by atoms with Crippen LogP contribution in [0.3, 0.4) is 0 Å². The Bertz CT molecular complexity index is 614. The molecule has 1 unspecified atom stereocenters.